The first-order chi connectivity index (χ1) is 12.1. The lowest BCUT2D eigenvalue weighted by atomic mass is 10.1. The molecule has 1 aromatic heterocycles. The van der Waals surface area contributed by atoms with Gasteiger partial charge in [0, 0.05) is 36.7 Å². The molecule has 2 N–H and O–H groups in total. The van der Waals surface area contributed by atoms with Gasteiger partial charge in [0.15, 0.2) is 0 Å². The number of pyridine rings is 1. The molecule has 1 saturated heterocycles. The zero-order valence-corrected chi connectivity index (χ0v) is 15.2. The van der Waals surface area contributed by atoms with Gasteiger partial charge in [-0.25, -0.2) is 4.98 Å². The highest BCUT2D eigenvalue weighted by molar-refractivity contribution is 6.34. The Bertz CT molecular complexity index is 779. The van der Waals surface area contributed by atoms with Gasteiger partial charge in [0.1, 0.15) is 0 Å². The summed E-state index contributed by atoms with van der Waals surface area (Å²) in [5, 5.41) is 7.01. The number of methoxy groups -OCH3 is 1. The highest BCUT2D eigenvalue weighted by Gasteiger charge is 2.20. The van der Waals surface area contributed by atoms with E-state index < -0.39 is 0 Å². The van der Waals surface area contributed by atoms with Crippen molar-refractivity contribution in [2.24, 2.45) is 0 Å². The van der Waals surface area contributed by atoms with E-state index in [1.807, 2.05) is 37.3 Å². The first-order valence-electron chi connectivity index (χ1n) is 8.38. The molecule has 2 aromatic rings. The van der Waals surface area contributed by atoms with E-state index in [1.54, 1.807) is 7.11 Å². The molecule has 1 aliphatic heterocycles. The Morgan fingerprint density at radius 1 is 1.36 bits per heavy atom. The van der Waals surface area contributed by atoms with E-state index in [4.69, 9.17) is 16.3 Å². The van der Waals surface area contributed by atoms with Crippen LogP contribution in [-0.4, -0.2) is 30.6 Å². The molecule has 6 heteroatoms. The summed E-state index contributed by atoms with van der Waals surface area (Å²) >= 11 is 6.40. The van der Waals surface area contributed by atoms with Gasteiger partial charge < -0.3 is 15.4 Å². The summed E-state index contributed by atoms with van der Waals surface area (Å²) in [4.78, 5) is 15.8. The van der Waals surface area contributed by atoms with Crippen LogP contribution in [0.5, 0.6) is 5.88 Å². The zero-order chi connectivity index (χ0) is 17.8. The summed E-state index contributed by atoms with van der Waals surface area (Å²) < 4.78 is 5.45. The number of rotatable bonds is 6. The lowest BCUT2D eigenvalue weighted by Crippen LogP contribution is -2.35. The number of carbonyl (C=O) groups excluding carboxylic acids is 1. The largest absolute Gasteiger partial charge is 0.481 e. The van der Waals surface area contributed by atoms with Crippen LogP contribution < -0.4 is 15.4 Å². The molecule has 0 unspecified atom stereocenters. The minimum atomic E-state index is 0.130. The molecule has 5 nitrogen and oxygen atoms in total. The number of ether oxygens (including phenoxy) is 1. The quantitative estimate of drug-likeness (QED) is 0.832. The second-order valence-corrected chi connectivity index (χ2v) is 6.61. The van der Waals surface area contributed by atoms with Crippen molar-refractivity contribution < 1.29 is 9.53 Å². The van der Waals surface area contributed by atoms with Crippen LogP contribution in [0.4, 0.5) is 0 Å². The molecule has 0 radical (unpaired) electrons. The average Bonchev–Trinajstić information content (AvgIpc) is 3.03. The van der Waals surface area contributed by atoms with Gasteiger partial charge >= 0.3 is 0 Å². The first kappa shape index (κ1) is 17.7. The van der Waals surface area contributed by atoms with E-state index in [0.717, 1.165) is 35.3 Å². The lowest BCUT2D eigenvalue weighted by Gasteiger charge is -2.14. The molecule has 3 rings (SSSR count). The van der Waals surface area contributed by atoms with Gasteiger partial charge in [-0.3, -0.25) is 4.79 Å². The Morgan fingerprint density at radius 3 is 2.92 bits per heavy atom. The van der Waals surface area contributed by atoms with Crippen molar-refractivity contribution in [2.75, 3.05) is 13.7 Å². The summed E-state index contributed by atoms with van der Waals surface area (Å²) in [6, 6.07) is 10.1. The molecule has 1 fully saturated rings. The van der Waals surface area contributed by atoms with E-state index >= 15 is 0 Å². The normalized spacial score (nSPS) is 16.8. The predicted molar refractivity (Wildman–Crippen MR) is 98.8 cm³/mol. The average molecular weight is 360 g/mol. The number of amides is 1. The lowest BCUT2D eigenvalue weighted by molar-refractivity contribution is -0.119. The third-order valence-corrected chi connectivity index (χ3v) is 4.89. The van der Waals surface area contributed by atoms with E-state index in [2.05, 4.69) is 15.6 Å². The molecule has 0 bridgehead atoms. The van der Waals surface area contributed by atoms with Crippen molar-refractivity contribution in [2.45, 2.75) is 32.4 Å². The molecule has 25 heavy (non-hydrogen) atoms. The van der Waals surface area contributed by atoms with Crippen LogP contribution in [0.1, 0.15) is 24.0 Å². The maximum Gasteiger partial charge on any atom is 0.220 e. The molecule has 0 saturated carbocycles. The van der Waals surface area contributed by atoms with Crippen LogP contribution in [0.15, 0.2) is 30.3 Å². The Kier molecular flexibility index (Phi) is 5.56. The van der Waals surface area contributed by atoms with Gasteiger partial charge in [0.05, 0.1) is 17.8 Å². The summed E-state index contributed by atoms with van der Waals surface area (Å²) in [7, 11) is 1.62. The fraction of sp³-hybridized carbons (Fsp3) is 0.368. The zero-order valence-electron chi connectivity index (χ0n) is 14.4. The standard InChI is InChI=1S/C19H22ClN3O2/c1-12-4-3-5-15(18(12)20)16-8-6-13(19(23-16)25-2)10-21-11-14-7-9-17(24)22-14/h3-6,8,14,21H,7,9-11H2,1-2H3,(H,22,24)/t14-/m0/s1. The van der Waals surface area contributed by atoms with Gasteiger partial charge in [-0.05, 0) is 25.0 Å². The molecule has 2 heterocycles. The van der Waals surface area contributed by atoms with E-state index in [0.29, 0.717) is 23.9 Å². The molecular weight excluding hydrogens is 338 g/mol. The molecule has 0 aliphatic carbocycles. The third kappa shape index (κ3) is 4.11. The fourth-order valence-corrected chi connectivity index (χ4v) is 3.21. The number of hydrogen-bond acceptors (Lipinski definition) is 4. The maximum atomic E-state index is 11.2. The molecule has 1 aromatic carbocycles. The van der Waals surface area contributed by atoms with Crippen LogP contribution >= 0.6 is 11.6 Å². The van der Waals surface area contributed by atoms with Gasteiger partial charge in [-0.15, -0.1) is 0 Å². The minimum absolute atomic E-state index is 0.130. The second kappa shape index (κ2) is 7.85. The van der Waals surface area contributed by atoms with Gasteiger partial charge in [-0.2, -0.15) is 0 Å². The van der Waals surface area contributed by atoms with Crippen molar-refractivity contribution in [3.63, 3.8) is 0 Å². The Hall–Kier alpha value is -2.11. The Morgan fingerprint density at radius 2 is 2.20 bits per heavy atom. The topological polar surface area (TPSA) is 63.2 Å². The maximum absolute atomic E-state index is 11.2. The van der Waals surface area contributed by atoms with Crippen molar-refractivity contribution in [3.8, 4) is 17.1 Å². The number of hydrogen-bond donors (Lipinski definition) is 2. The Labute approximate surface area is 152 Å². The monoisotopic (exact) mass is 359 g/mol. The smallest absolute Gasteiger partial charge is 0.220 e. The van der Waals surface area contributed by atoms with Gasteiger partial charge in [0.2, 0.25) is 11.8 Å². The molecule has 1 aliphatic rings. The number of nitrogens with zero attached hydrogens (tertiary/aromatic N) is 1. The molecular formula is C19H22ClN3O2. The molecule has 1 atom stereocenters. The van der Waals surface area contributed by atoms with E-state index in [-0.39, 0.29) is 11.9 Å². The number of halogens is 1. The highest BCUT2D eigenvalue weighted by Crippen LogP contribution is 2.31. The minimum Gasteiger partial charge on any atom is -0.481 e. The number of benzene rings is 1. The summed E-state index contributed by atoms with van der Waals surface area (Å²) in [5.74, 6) is 0.712. The van der Waals surface area contributed by atoms with E-state index in [1.165, 1.54) is 0 Å². The number of aryl methyl sites for hydroxylation is 1. The van der Waals surface area contributed by atoms with Crippen molar-refractivity contribution in [1.29, 1.82) is 0 Å². The van der Waals surface area contributed by atoms with Gasteiger partial charge in [-0.1, -0.05) is 35.9 Å². The molecule has 0 spiro atoms. The molecule has 1 amide bonds. The number of aromatic nitrogens is 1. The van der Waals surface area contributed by atoms with Crippen LogP contribution in [-0.2, 0) is 11.3 Å². The summed E-state index contributed by atoms with van der Waals surface area (Å²) in [5.41, 5.74) is 3.68. The van der Waals surface area contributed by atoms with Gasteiger partial charge in [0.25, 0.3) is 0 Å². The van der Waals surface area contributed by atoms with Crippen LogP contribution in [0, 0.1) is 6.92 Å². The van der Waals surface area contributed by atoms with Crippen LogP contribution in [0.3, 0.4) is 0 Å². The van der Waals surface area contributed by atoms with Crippen LogP contribution in [0.2, 0.25) is 5.02 Å². The van der Waals surface area contributed by atoms with E-state index in [9.17, 15) is 4.79 Å². The number of nitrogens with one attached hydrogen (secondary N) is 2. The summed E-state index contributed by atoms with van der Waals surface area (Å²) in [6.07, 6.45) is 1.50. The fourth-order valence-electron chi connectivity index (χ4n) is 2.99. The summed E-state index contributed by atoms with van der Waals surface area (Å²) in [6.45, 7) is 3.34. The Balaban J connectivity index is 1.71. The highest BCUT2D eigenvalue weighted by atomic mass is 35.5. The predicted octanol–water partition coefficient (Wildman–Crippen LogP) is 3.09. The van der Waals surface area contributed by atoms with Crippen molar-refractivity contribution in [3.05, 3.63) is 46.5 Å². The first-order valence-corrected chi connectivity index (χ1v) is 8.75. The van der Waals surface area contributed by atoms with Crippen molar-refractivity contribution in [1.82, 2.24) is 15.6 Å². The molecule has 132 valence electrons. The third-order valence-electron chi connectivity index (χ3n) is 4.39. The SMILES string of the molecule is COc1nc(-c2cccc(C)c2Cl)ccc1CNC[C@@H]1CCC(=O)N1. The van der Waals surface area contributed by atoms with Crippen molar-refractivity contribution >= 4 is 17.5 Å². The second-order valence-electron chi connectivity index (χ2n) is 6.24. The number of carbonyl (C=O) groups is 1. The van der Waals surface area contributed by atoms with Crippen LogP contribution in [0.25, 0.3) is 11.3 Å².